The molecule has 0 radical (unpaired) electrons. The molecule has 0 rings (SSSR count). The Morgan fingerprint density at radius 2 is 1.71 bits per heavy atom. The van der Waals surface area contributed by atoms with Crippen LogP contribution >= 0.6 is 0 Å². The van der Waals surface area contributed by atoms with Crippen LogP contribution in [0.1, 0.15) is 65.7 Å². The predicted molar refractivity (Wildman–Crippen MR) is 65.4 cm³/mol. The first-order valence-corrected chi connectivity index (χ1v) is 6.24. The number of rotatable bonds is 9. The molecule has 0 aromatic heterocycles. The second kappa shape index (κ2) is 10.6. The molecule has 0 unspecified atom stereocenters. The van der Waals surface area contributed by atoms with E-state index in [0.717, 1.165) is 6.54 Å². The van der Waals surface area contributed by atoms with Gasteiger partial charge >= 0.3 is 0 Å². The molecule has 0 amide bonds. The van der Waals surface area contributed by atoms with E-state index in [9.17, 15) is 0 Å². The minimum atomic E-state index is 1.16. The molecule has 1 heteroatoms. The first kappa shape index (κ1) is 13.5. The van der Waals surface area contributed by atoms with Gasteiger partial charge in [0.15, 0.2) is 0 Å². The Morgan fingerprint density at radius 3 is 2.29 bits per heavy atom. The molecular weight excluding hydrogens is 170 g/mol. The molecule has 0 spiro atoms. The van der Waals surface area contributed by atoms with Gasteiger partial charge in [0.1, 0.15) is 0 Å². The third-order valence-electron chi connectivity index (χ3n) is 2.53. The van der Waals surface area contributed by atoms with Crippen LogP contribution in [-0.4, -0.2) is 6.54 Å². The molecule has 1 nitrogen and oxygen atoms in total. The fourth-order valence-corrected chi connectivity index (χ4v) is 1.50. The van der Waals surface area contributed by atoms with Gasteiger partial charge in [-0.2, -0.15) is 0 Å². The van der Waals surface area contributed by atoms with Crippen molar-refractivity contribution < 1.29 is 0 Å². The second-order valence-corrected chi connectivity index (χ2v) is 3.90. The van der Waals surface area contributed by atoms with Crippen molar-refractivity contribution in [3.8, 4) is 0 Å². The highest BCUT2D eigenvalue weighted by Crippen LogP contribution is 2.04. The van der Waals surface area contributed by atoms with Crippen LogP contribution in [0.15, 0.2) is 11.8 Å². The smallest absolute Gasteiger partial charge is 0.0143 e. The van der Waals surface area contributed by atoms with E-state index in [1.807, 2.05) is 0 Å². The zero-order chi connectivity index (χ0) is 10.6. The van der Waals surface area contributed by atoms with Crippen molar-refractivity contribution in [2.24, 2.45) is 0 Å². The predicted octanol–water partition coefficient (Wildman–Crippen LogP) is 4.25. The topological polar surface area (TPSA) is 12.0 Å². The van der Waals surface area contributed by atoms with Crippen LogP contribution in [-0.2, 0) is 0 Å². The lowest BCUT2D eigenvalue weighted by molar-refractivity contribution is 0.617. The average Bonchev–Trinajstić information content (AvgIpc) is 2.22. The van der Waals surface area contributed by atoms with Crippen LogP contribution in [0.4, 0.5) is 0 Å². The van der Waals surface area contributed by atoms with E-state index < -0.39 is 0 Å². The molecule has 0 aliphatic heterocycles. The van der Waals surface area contributed by atoms with Crippen molar-refractivity contribution >= 4 is 0 Å². The monoisotopic (exact) mass is 197 g/mol. The SMILES string of the molecule is CC=C(CCCC)NCCCCCC. The van der Waals surface area contributed by atoms with E-state index >= 15 is 0 Å². The summed E-state index contributed by atoms with van der Waals surface area (Å²) in [4.78, 5) is 0. The molecule has 0 saturated heterocycles. The number of unbranched alkanes of at least 4 members (excludes halogenated alkanes) is 4. The number of allylic oxidation sites excluding steroid dienone is 2. The molecule has 0 aliphatic rings. The molecule has 84 valence electrons. The van der Waals surface area contributed by atoms with Crippen LogP contribution in [0, 0.1) is 0 Å². The summed E-state index contributed by atoms with van der Waals surface area (Å²) in [5.74, 6) is 0. The Morgan fingerprint density at radius 1 is 1.00 bits per heavy atom. The zero-order valence-corrected chi connectivity index (χ0v) is 10.2. The van der Waals surface area contributed by atoms with Crippen molar-refractivity contribution in [1.82, 2.24) is 5.32 Å². The summed E-state index contributed by atoms with van der Waals surface area (Å²) in [5.41, 5.74) is 1.43. The van der Waals surface area contributed by atoms with E-state index in [2.05, 4.69) is 32.2 Å². The van der Waals surface area contributed by atoms with Gasteiger partial charge in [-0.15, -0.1) is 0 Å². The Labute approximate surface area is 90.0 Å². The van der Waals surface area contributed by atoms with Crippen LogP contribution < -0.4 is 5.32 Å². The average molecular weight is 197 g/mol. The summed E-state index contributed by atoms with van der Waals surface area (Å²) >= 11 is 0. The molecule has 14 heavy (non-hydrogen) atoms. The highest BCUT2D eigenvalue weighted by molar-refractivity contribution is 4.96. The number of nitrogens with one attached hydrogen (secondary N) is 1. The maximum atomic E-state index is 3.52. The van der Waals surface area contributed by atoms with E-state index in [-0.39, 0.29) is 0 Å². The van der Waals surface area contributed by atoms with Gasteiger partial charge < -0.3 is 5.32 Å². The third kappa shape index (κ3) is 8.15. The molecule has 0 aliphatic carbocycles. The van der Waals surface area contributed by atoms with E-state index in [4.69, 9.17) is 0 Å². The largest absolute Gasteiger partial charge is 0.389 e. The van der Waals surface area contributed by atoms with Crippen molar-refractivity contribution in [2.75, 3.05) is 6.54 Å². The highest BCUT2D eigenvalue weighted by atomic mass is 14.9. The van der Waals surface area contributed by atoms with Crippen LogP contribution in [0.3, 0.4) is 0 Å². The molecule has 0 aromatic carbocycles. The quantitative estimate of drug-likeness (QED) is 0.545. The highest BCUT2D eigenvalue weighted by Gasteiger charge is 1.94. The fraction of sp³-hybridized carbons (Fsp3) is 0.846. The van der Waals surface area contributed by atoms with E-state index in [1.54, 1.807) is 0 Å². The normalized spacial score (nSPS) is 11.8. The van der Waals surface area contributed by atoms with Gasteiger partial charge in [-0.3, -0.25) is 0 Å². The molecule has 1 N–H and O–H groups in total. The molecule has 0 heterocycles. The summed E-state index contributed by atoms with van der Waals surface area (Å²) in [6.45, 7) is 7.79. The molecule has 0 aromatic rings. The van der Waals surface area contributed by atoms with Crippen molar-refractivity contribution in [3.05, 3.63) is 11.8 Å². The summed E-state index contributed by atoms with van der Waals surface area (Å²) in [6, 6.07) is 0. The molecule has 0 atom stereocenters. The Bertz CT molecular complexity index is 138. The Balaban J connectivity index is 3.34. The summed E-state index contributed by atoms with van der Waals surface area (Å²) in [6.07, 6.45) is 11.4. The molecule has 0 fully saturated rings. The van der Waals surface area contributed by atoms with Gasteiger partial charge in [0, 0.05) is 12.2 Å². The maximum absolute atomic E-state index is 3.52. The second-order valence-electron chi connectivity index (χ2n) is 3.90. The molecular formula is C13H27N. The van der Waals surface area contributed by atoms with Gasteiger partial charge in [-0.25, -0.2) is 0 Å². The lowest BCUT2D eigenvalue weighted by Gasteiger charge is -2.09. The Hall–Kier alpha value is -0.460. The van der Waals surface area contributed by atoms with Crippen molar-refractivity contribution in [1.29, 1.82) is 0 Å². The zero-order valence-electron chi connectivity index (χ0n) is 10.2. The minimum Gasteiger partial charge on any atom is -0.389 e. The number of hydrogen-bond acceptors (Lipinski definition) is 1. The summed E-state index contributed by atoms with van der Waals surface area (Å²) < 4.78 is 0. The lowest BCUT2D eigenvalue weighted by Crippen LogP contribution is -2.14. The standard InChI is InChI=1S/C13H27N/c1-4-7-9-10-12-14-13(6-3)11-8-5-2/h6,14H,4-5,7-12H2,1-3H3. The lowest BCUT2D eigenvalue weighted by atomic mass is 10.2. The van der Waals surface area contributed by atoms with Gasteiger partial charge in [0.25, 0.3) is 0 Å². The van der Waals surface area contributed by atoms with Gasteiger partial charge in [0.2, 0.25) is 0 Å². The maximum Gasteiger partial charge on any atom is 0.0143 e. The van der Waals surface area contributed by atoms with Crippen molar-refractivity contribution in [2.45, 2.75) is 65.7 Å². The van der Waals surface area contributed by atoms with E-state index in [0.29, 0.717) is 0 Å². The summed E-state index contributed by atoms with van der Waals surface area (Å²) in [5, 5.41) is 3.52. The number of hydrogen-bond donors (Lipinski definition) is 1. The van der Waals surface area contributed by atoms with E-state index in [1.165, 1.54) is 50.6 Å². The minimum absolute atomic E-state index is 1.16. The van der Waals surface area contributed by atoms with Crippen LogP contribution in [0.2, 0.25) is 0 Å². The van der Waals surface area contributed by atoms with Gasteiger partial charge in [0.05, 0.1) is 0 Å². The first-order chi connectivity index (χ1) is 6.85. The van der Waals surface area contributed by atoms with Gasteiger partial charge in [-0.1, -0.05) is 45.6 Å². The van der Waals surface area contributed by atoms with Crippen LogP contribution in [0.5, 0.6) is 0 Å². The molecule has 0 saturated carbocycles. The third-order valence-corrected chi connectivity index (χ3v) is 2.53. The van der Waals surface area contributed by atoms with Gasteiger partial charge in [-0.05, 0) is 26.2 Å². The fourth-order valence-electron chi connectivity index (χ4n) is 1.50. The summed E-state index contributed by atoms with van der Waals surface area (Å²) in [7, 11) is 0. The molecule has 0 bridgehead atoms. The first-order valence-electron chi connectivity index (χ1n) is 6.24. The Kier molecular flexibility index (Phi) is 10.3. The van der Waals surface area contributed by atoms with Crippen LogP contribution in [0.25, 0.3) is 0 Å². The van der Waals surface area contributed by atoms with Crippen molar-refractivity contribution in [3.63, 3.8) is 0 Å².